The number of phenols is 1. The van der Waals surface area contributed by atoms with Gasteiger partial charge in [-0.15, -0.1) is 0 Å². The van der Waals surface area contributed by atoms with Crippen molar-refractivity contribution in [2.75, 3.05) is 7.11 Å². The number of hydrogen-bond donors (Lipinski definition) is 2. The Bertz CT molecular complexity index is 296. The van der Waals surface area contributed by atoms with Crippen LogP contribution in [0.15, 0.2) is 24.3 Å². The van der Waals surface area contributed by atoms with Crippen LogP contribution < -0.4 is 0 Å². The summed E-state index contributed by atoms with van der Waals surface area (Å²) in [7, 11) is -1.17. The maximum atomic E-state index is 11.0. The number of aromatic hydroxyl groups is 1. The van der Waals surface area contributed by atoms with Crippen molar-refractivity contribution >= 4 is 8.03 Å². The molecule has 0 aliphatic heterocycles. The van der Waals surface area contributed by atoms with E-state index in [0.717, 1.165) is 0 Å². The van der Waals surface area contributed by atoms with Crippen LogP contribution in [0.25, 0.3) is 0 Å². The molecule has 0 saturated carbocycles. The molecule has 1 aromatic carbocycles. The molecule has 0 bridgehead atoms. The summed E-state index contributed by atoms with van der Waals surface area (Å²) >= 11 is 0. The lowest BCUT2D eigenvalue weighted by atomic mass is 10.2. The van der Waals surface area contributed by atoms with Crippen LogP contribution in [0.5, 0.6) is 5.75 Å². The molecule has 0 saturated heterocycles. The van der Waals surface area contributed by atoms with E-state index in [1.165, 1.54) is 31.4 Å². The lowest BCUT2D eigenvalue weighted by Crippen LogP contribution is -1.91. The summed E-state index contributed by atoms with van der Waals surface area (Å²) in [6.07, 6.45) is 0. The predicted molar refractivity (Wildman–Crippen MR) is 49.1 cm³/mol. The minimum Gasteiger partial charge on any atom is -0.508 e. The van der Waals surface area contributed by atoms with Gasteiger partial charge < -0.3 is 14.7 Å². The first-order chi connectivity index (χ1) is 6.15. The van der Waals surface area contributed by atoms with Crippen LogP contribution in [0.3, 0.4) is 0 Å². The van der Waals surface area contributed by atoms with Crippen LogP contribution in [0.4, 0.5) is 0 Å². The highest BCUT2D eigenvalue weighted by Crippen LogP contribution is 2.38. The van der Waals surface area contributed by atoms with Crippen molar-refractivity contribution in [1.82, 2.24) is 0 Å². The molecule has 0 spiro atoms. The normalized spacial score (nSPS) is 15.2. The molecule has 0 radical (unpaired) electrons. The van der Waals surface area contributed by atoms with Gasteiger partial charge in [0.05, 0.1) is 0 Å². The number of rotatable bonds is 3. The molecule has 72 valence electrons. The zero-order chi connectivity index (χ0) is 9.84. The van der Waals surface area contributed by atoms with Crippen LogP contribution in [-0.4, -0.2) is 17.3 Å². The van der Waals surface area contributed by atoms with E-state index in [1.54, 1.807) is 0 Å². The molecular weight excluding hydrogens is 191 g/mol. The summed E-state index contributed by atoms with van der Waals surface area (Å²) in [6.45, 7) is 0. The van der Waals surface area contributed by atoms with E-state index in [4.69, 9.17) is 5.11 Å². The molecule has 0 amide bonds. The van der Waals surface area contributed by atoms with Crippen molar-refractivity contribution in [2.45, 2.75) is 5.85 Å². The molecule has 2 N–H and O–H groups in total. The Kier molecular flexibility index (Phi) is 3.48. The average Bonchev–Trinajstić information content (AvgIpc) is 2.17. The van der Waals surface area contributed by atoms with Gasteiger partial charge in [0.15, 0.2) is 5.85 Å². The molecule has 0 aliphatic carbocycles. The number of hydrogen-bond acceptors (Lipinski definition) is 4. The molecule has 13 heavy (non-hydrogen) atoms. The quantitative estimate of drug-likeness (QED) is 0.729. The second-order valence-electron chi connectivity index (χ2n) is 2.52. The molecule has 1 rings (SSSR count). The second kappa shape index (κ2) is 4.42. The zero-order valence-corrected chi connectivity index (χ0v) is 8.10. The molecule has 5 heteroatoms. The highest BCUT2D eigenvalue weighted by molar-refractivity contribution is 7.39. The van der Waals surface area contributed by atoms with Gasteiger partial charge >= 0.3 is 0 Å². The number of phenolic OH excluding ortho intramolecular Hbond substituents is 1. The average molecular weight is 202 g/mol. The van der Waals surface area contributed by atoms with Crippen LogP contribution in [0, 0.1) is 0 Å². The summed E-state index contributed by atoms with van der Waals surface area (Å²) in [5, 5.41) is 18.4. The lowest BCUT2D eigenvalue weighted by Gasteiger charge is -2.08. The van der Waals surface area contributed by atoms with Gasteiger partial charge in [0.1, 0.15) is 5.75 Å². The Balaban J connectivity index is 2.83. The van der Waals surface area contributed by atoms with Gasteiger partial charge in [-0.2, -0.15) is 0 Å². The summed E-state index contributed by atoms with van der Waals surface area (Å²) in [4.78, 5) is 0. The minimum absolute atomic E-state index is 0.105. The summed E-state index contributed by atoms with van der Waals surface area (Å²) in [5.74, 6) is -0.997. The van der Waals surface area contributed by atoms with E-state index in [2.05, 4.69) is 4.52 Å². The van der Waals surface area contributed by atoms with Crippen LogP contribution >= 0.6 is 8.03 Å². The first kappa shape index (κ1) is 10.3. The Morgan fingerprint density at radius 2 is 1.92 bits per heavy atom. The molecule has 4 nitrogen and oxygen atoms in total. The van der Waals surface area contributed by atoms with Crippen molar-refractivity contribution in [3.8, 4) is 5.75 Å². The van der Waals surface area contributed by atoms with Crippen LogP contribution in [0.1, 0.15) is 11.4 Å². The third-order valence-electron chi connectivity index (χ3n) is 1.63. The fourth-order valence-corrected chi connectivity index (χ4v) is 1.59. The first-order valence-electron chi connectivity index (χ1n) is 3.70. The zero-order valence-electron chi connectivity index (χ0n) is 7.10. The van der Waals surface area contributed by atoms with E-state index >= 15 is 0 Å². The minimum atomic E-state index is -2.45. The molecular formula is C8H11O4P. The summed E-state index contributed by atoms with van der Waals surface area (Å²) < 4.78 is 15.6. The van der Waals surface area contributed by atoms with Gasteiger partial charge in [0.25, 0.3) is 0 Å². The fraction of sp³-hybridized carbons (Fsp3) is 0.250. The van der Waals surface area contributed by atoms with Crippen LogP contribution in [0.2, 0.25) is 0 Å². The van der Waals surface area contributed by atoms with Crippen molar-refractivity contribution in [3.63, 3.8) is 0 Å². The molecule has 1 aromatic rings. The topological polar surface area (TPSA) is 66.8 Å². The molecule has 0 fully saturated rings. The Labute approximate surface area is 76.7 Å². The standard InChI is InChI=1S/C8H11O4P/c1-12-13(11)8(10)6-2-4-7(9)5-3-6/h2-5,8-10,13H,1H3. The molecule has 0 aliphatic rings. The van der Waals surface area contributed by atoms with E-state index in [-0.39, 0.29) is 5.75 Å². The lowest BCUT2D eigenvalue weighted by molar-refractivity contribution is 0.234. The van der Waals surface area contributed by atoms with Gasteiger partial charge in [-0.3, -0.25) is 4.57 Å². The van der Waals surface area contributed by atoms with E-state index in [1.807, 2.05) is 0 Å². The highest BCUT2D eigenvalue weighted by Gasteiger charge is 2.14. The number of aliphatic hydroxyl groups excluding tert-OH is 1. The van der Waals surface area contributed by atoms with Gasteiger partial charge in [-0.1, -0.05) is 12.1 Å². The Morgan fingerprint density at radius 1 is 1.38 bits per heavy atom. The Hall–Kier alpha value is -0.830. The van der Waals surface area contributed by atoms with E-state index in [9.17, 15) is 9.67 Å². The van der Waals surface area contributed by atoms with Crippen molar-refractivity contribution < 1.29 is 19.3 Å². The van der Waals surface area contributed by atoms with Gasteiger partial charge in [0, 0.05) is 7.11 Å². The number of benzene rings is 1. The molecule has 2 unspecified atom stereocenters. The maximum absolute atomic E-state index is 11.0. The first-order valence-corrected chi connectivity index (χ1v) is 5.09. The third kappa shape index (κ3) is 2.56. The number of aliphatic hydroxyl groups is 1. The van der Waals surface area contributed by atoms with Crippen LogP contribution in [-0.2, 0) is 9.09 Å². The van der Waals surface area contributed by atoms with E-state index < -0.39 is 13.9 Å². The van der Waals surface area contributed by atoms with Gasteiger partial charge in [-0.05, 0) is 17.7 Å². The monoisotopic (exact) mass is 202 g/mol. The predicted octanol–water partition coefficient (Wildman–Crippen LogP) is 1.50. The smallest absolute Gasteiger partial charge is 0.223 e. The van der Waals surface area contributed by atoms with Gasteiger partial charge in [0.2, 0.25) is 8.03 Å². The van der Waals surface area contributed by atoms with Crippen molar-refractivity contribution in [2.24, 2.45) is 0 Å². The van der Waals surface area contributed by atoms with Crippen molar-refractivity contribution in [3.05, 3.63) is 29.8 Å². The Morgan fingerprint density at radius 3 is 2.38 bits per heavy atom. The fourth-order valence-electron chi connectivity index (χ4n) is 0.904. The largest absolute Gasteiger partial charge is 0.508 e. The van der Waals surface area contributed by atoms with Gasteiger partial charge in [-0.25, -0.2) is 0 Å². The second-order valence-corrected chi connectivity index (χ2v) is 4.11. The molecule has 0 heterocycles. The molecule has 2 atom stereocenters. The summed E-state index contributed by atoms with van der Waals surface area (Å²) in [6, 6.07) is 5.84. The van der Waals surface area contributed by atoms with Crippen molar-refractivity contribution in [1.29, 1.82) is 0 Å². The SMILES string of the molecule is CO[PH](=O)C(O)c1ccc(O)cc1. The summed E-state index contributed by atoms with van der Waals surface area (Å²) in [5.41, 5.74) is 0.475. The van der Waals surface area contributed by atoms with E-state index in [0.29, 0.717) is 5.56 Å². The third-order valence-corrected chi connectivity index (χ3v) is 2.82. The highest BCUT2D eigenvalue weighted by atomic mass is 31.1. The maximum Gasteiger partial charge on any atom is 0.223 e. The molecule has 0 aromatic heterocycles.